The number of hydrogen-bond acceptors (Lipinski definition) is 2. The van der Waals surface area contributed by atoms with Gasteiger partial charge in [0.25, 0.3) is 0 Å². The van der Waals surface area contributed by atoms with E-state index in [9.17, 15) is 5.11 Å². The fraction of sp³-hybridized carbons (Fsp3) is 0.0435. The minimum atomic E-state index is 0.298. The number of thiophene rings is 1. The highest BCUT2D eigenvalue weighted by molar-refractivity contribution is 7.26. The van der Waals surface area contributed by atoms with E-state index >= 15 is 0 Å². The van der Waals surface area contributed by atoms with Crippen LogP contribution in [0.15, 0.2) is 72.8 Å². The third-order valence-electron chi connectivity index (χ3n) is 4.94. The highest BCUT2D eigenvalue weighted by atomic mass is 32.1. The quantitative estimate of drug-likeness (QED) is 0.352. The molecule has 0 saturated carbocycles. The van der Waals surface area contributed by atoms with Gasteiger partial charge >= 0.3 is 0 Å². The van der Waals surface area contributed by atoms with Crippen molar-refractivity contribution in [1.82, 2.24) is 0 Å². The molecule has 0 bridgehead atoms. The van der Waals surface area contributed by atoms with Gasteiger partial charge in [-0.05, 0) is 52.6 Å². The largest absolute Gasteiger partial charge is 0.508 e. The molecule has 0 radical (unpaired) electrons. The first-order valence-electron chi connectivity index (χ1n) is 8.36. The van der Waals surface area contributed by atoms with E-state index in [-0.39, 0.29) is 0 Å². The minimum absolute atomic E-state index is 0.298. The maximum Gasteiger partial charge on any atom is 0.115 e. The zero-order valence-electron chi connectivity index (χ0n) is 13.8. The number of benzene rings is 4. The van der Waals surface area contributed by atoms with Gasteiger partial charge in [-0.25, -0.2) is 0 Å². The highest BCUT2D eigenvalue weighted by Crippen LogP contribution is 2.46. The van der Waals surface area contributed by atoms with Gasteiger partial charge in [-0.1, -0.05) is 54.6 Å². The highest BCUT2D eigenvalue weighted by Gasteiger charge is 2.17. The summed E-state index contributed by atoms with van der Waals surface area (Å²) in [6.45, 7) is 2.22. The SMILES string of the molecule is Cc1c2ccccc2c(-c2ccc(O)cc2)c2c1sc1ccccc12. The fourth-order valence-electron chi connectivity index (χ4n) is 3.77. The van der Waals surface area contributed by atoms with Crippen molar-refractivity contribution in [2.75, 3.05) is 0 Å². The number of fused-ring (bicyclic) bond motifs is 4. The Balaban J connectivity index is 2.08. The second-order valence-corrected chi connectivity index (χ2v) is 7.45. The van der Waals surface area contributed by atoms with E-state index < -0.39 is 0 Å². The van der Waals surface area contributed by atoms with Gasteiger partial charge < -0.3 is 5.11 Å². The first-order chi connectivity index (χ1) is 12.2. The smallest absolute Gasteiger partial charge is 0.115 e. The van der Waals surface area contributed by atoms with E-state index in [1.165, 1.54) is 42.1 Å². The van der Waals surface area contributed by atoms with Crippen LogP contribution in [0.1, 0.15) is 5.56 Å². The molecule has 1 heterocycles. The van der Waals surface area contributed by atoms with Gasteiger partial charge in [0, 0.05) is 20.2 Å². The van der Waals surface area contributed by atoms with Crippen molar-refractivity contribution in [3.63, 3.8) is 0 Å². The van der Waals surface area contributed by atoms with Crippen LogP contribution in [0.2, 0.25) is 0 Å². The number of hydrogen-bond donors (Lipinski definition) is 1. The third-order valence-corrected chi connectivity index (χ3v) is 6.23. The Hall–Kier alpha value is -2.84. The topological polar surface area (TPSA) is 20.2 Å². The molecule has 5 rings (SSSR count). The number of phenols is 1. The van der Waals surface area contributed by atoms with Crippen LogP contribution in [-0.4, -0.2) is 5.11 Å². The zero-order valence-corrected chi connectivity index (χ0v) is 14.6. The summed E-state index contributed by atoms with van der Waals surface area (Å²) in [7, 11) is 0. The monoisotopic (exact) mass is 340 g/mol. The fourth-order valence-corrected chi connectivity index (χ4v) is 4.99. The van der Waals surface area contributed by atoms with Gasteiger partial charge in [-0.3, -0.25) is 0 Å². The molecular weight excluding hydrogens is 324 g/mol. The van der Waals surface area contributed by atoms with Crippen LogP contribution in [0.3, 0.4) is 0 Å². The summed E-state index contributed by atoms with van der Waals surface area (Å²) in [6, 6.07) is 24.8. The molecule has 0 unspecified atom stereocenters. The van der Waals surface area contributed by atoms with Crippen molar-refractivity contribution in [1.29, 1.82) is 0 Å². The molecule has 0 spiro atoms. The maximum atomic E-state index is 9.71. The van der Waals surface area contributed by atoms with E-state index in [0.717, 1.165) is 5.56 Å². The zero-order chi connectivity index (χ0) is 17.0. The predicted octanol–water partition coefficient (Wildman–Crippen LogP) is 6.89. The van der Waals surface area contributed by atoms with E-state index in [0.29, 0.717) is 5.75 Å². The molecule has 0 atom stereocenters. The number of phenolic OH excluding ortho intramolecular Hbond substituents is 1. The summed E-state index contributed by atoms with van der Waals surface area (Å²) in [5, 5.41) is 14.9. The molecule has 2 heteroatoms. The van der Waals surface area contributed by atoms with Crippen molar-refractivity contribution in [3.8, 4) is 16.9 Å². The molecule has 0 aliphatic carbocycles. The molecule has 4 aromatic carbocycles. The third kappa shape index (κ3) is 2.08. The van der Waals surface area contributed by atoms with Crippen molar-refractivity contribution in [3.05, 3.63) is 78.4 Å². The molecule has 0 amide bonds. The first-order valence-corrected chi connectivity index (χ1v) is 9.17. The summed E-state index contributed by atoms with van der Waals surface area (Å²) in [4.78, 5) is 0. The van der Waals surface area contributed by atoms with Crippen LogP contribution in [0.4, 0.5) is 0 Å². The lowest BCUT2D eigenvalue weighted by Gasteiger charge is -2.13. The first kappa shape index (κ1) is 14.5. The van der Waals surface area contributed by atoms with Crippen LogP contribution in [0, 0.1) is 6.92 Å². The Morgan fingerprint density at radius 2 is 1.36 bits per heavy atom. The van der Waals surface area contributed by atoms with Crippen molar-refractivity contribution < 1.29 is 5.11 Å². The standard InChI is InChI=1S/C23H16OS/c1-14-17-6-2-3-7-18(17)21(15-10-12-16(24)13-11-15)22-19-8-4-5-9-20(19)25-23(14)22/h2-13,24H,1H3. The van der Waals surface area contributed by atoms with Crippen molar-refractivity contribution >= 4 is 42.3 Å². The Morgan fingerprint density at radius 3 is 2.12 bits per heavy atom. The van der Waals surface area contributed by atoms with E-state index in [1.54, 1.807) is 12.1 Å². The Kier molecular flexibility index (Phi) is 3.09. The lowest BCUT2D eigenvalue weighted by Crippen LogP contribution is -1.87. The average Bonchev–Trinajstić information content (AvgIpc) is 3.03. The summed E-state index contributed by atoms with van der Waals surface area (Å²) in [5.41, 5.74) is 3.74. The lowest BCUT2D eigenvalue weighted by atomic mass is 9.91. The van der Waals surface area contributed by atoms with Crippen LogP contribution >= 0.6 is 11.3 Å². The van der Waals surface area contributed by atoms with E-state index in [4.69, 9.17) is 0 Å². The summed E-state index contributed by atoms with van der Waals surface area (Å²) in [6.07, 6.45) is 0. The van der Waals surface area contributed by atoms with Crippen LogP contribution < -0.4 is 0 Å². The summed E-state index contributed by atoms with van der Waals surface area (Å²) >= 11 is 1.87. The summed E-state index contributed by atoms with van der Waals surface area (Å²) in [5.74, 6) is 0.298. The van der Waals surface area contributed by atoms with E-state index in [2.05, 4.69) is 55.5 Å². The van der Waals surface area contributed by atoms with Gasteiger partial charge in [0.1, 0.15) is 5.75 Å². The number of rotatable bonds is 1. The Bertz CT molecular complexity index is 1250. The van der Waals surface area contributed by atoms with Gasteiger partial charge in [0.15, 0.2) is 0 Å². The second kappa shape index (κ2) is 5.33. The Morgan fingerprint density at radius 1 is 0.720 bits per heavy atom. The molecule has 5 aromatic rings. The predicted molar refractivity (Wildman–Crippen MR) is 109 cm³/mol. The average molecular weight is 340 g/mol. The molecular formula is C23H16OS. The number of aryl methyl sites for hydroxylation is 1. The summed E-state index contributed by atoms with van der Waals surface area (Å²) < 4.78 is 2.67. The normalized spacial score (nSPS) is 11.6. The van der Waals surface area contributed by atoms with Crippen LogP contribution in [-0.2, 0) is 0 Å². The van der Waals surface area contributed by atoms with Gasteiger partial charge in [0.2, 0.25) is 0 Å². The molecule has 0 aliphatic heterocycles. The molecule has 120 valence electrons. The second-order valence-electron chi connectivity index (χ2n) is 6.39. The molecule has 0 fully saturated rings. The van der Waals surface area contributed by atoms with Gasteiger partial charge in [0.05, 0.1) is 0 Å². The molecule has 0 aliphatic rings. The van der Waals surface area contributed by atoms with Gasteiger partial charge in [-0.15, -0.1) is 11.3 Å². The van der Waals surface area contributed by atoms with Crippen molar-refractivity contribution in [2.24, 2.45) is 0 Å². The minimum Gasteiger partial charge on any atom is -0.508 e. The molecule has 1 nitrogen and oxygen atoms in total. The molecule has 25 heavy (non-hydrogen) atoms. The van der Waals surface area contributed by atoms with E-state index in [1.807, 2.05) is 23.5 Å². The molecule has 1 aromatic heterocycles. The van der Waals surface area contributed by atoms with Gasteiger partial charge in [-0.2, -0.15) is 0 Å². The van der Waals surface area contributed by atoms with Crippen LogP contribution in [0.5, 0.6) is 5.75 Å². The molecule has 0 saturated heterocycles. The Labute approximate surface area is 149 Å². The molecule has 1 N–H and O–H groups in total. The maximum absolute atomic E-state index is 9.71. The number of aromatic hydroxyl groups is 1. The van der Waals surface area contributed by atoms with Crippen molar-refractivity contribution in [2.45, 2.75) is 6.92 Å². The lowest BCUT2D eigenvalue weighted by molar-refractivity contribution is 0.475. The van der Waals surface area contributed by atoms with Crippen LogP contribution in [0.25, 0.3) is 42.1 Å².